The van der Waals surface area contributed by atoms with Gasteiger partial charge < -0.3 is 5.32 Å². The lowest BCUT2D eigenvalue weighted by Crippen LogP contribution is -2.25. The van der Waals surface area contributed by atoms with Crippen LogP contribution in [0.2, 0.25) is 0 Å². The summed E-state index contributed by atoms with van der Waals surface area (Å²) in [5.41, 5.74) is 2.22. The van der Waals surface area contributed by atoms with E-state index in [4.69, 9.17) is 0 Å². The van der Waals surface area contributed by atoms with Crippen molar-refractivity contribution >= 4 is 16.9 Å². The highest BCUT2D eigenvalue weighted by atomic mass is 16.1. The van der Waals surface area contributed by atoms with Crippen LogP contribution < -0.4 is 5.32 Å². The highest BCUT2D eigenvalue weighted by Gasteiger charge is 2.14. The maximum atomic E-state index is 12.3. The van der Waals surface area contributed by atoms with Gasteiger partial charge in [-0.3, -0.25) is 4.79 Å². The summed E-state index contributed by atoms with van der Waals surface area (Å²) in [7, 11) is 0. The first-order valence-electron chi connectivity index (χ1n) is 8.03. The number of nitrogens with zero attached hydrogens (tertiary/aromatic N) is 3. The van der Waals surface area contributed by atoms with Gasteiger partial charge in [-0.25, -0.2) is 9.67 Å². The summed E-state index contributed by atoms with van der Waals surface area (Å²) in [6, 6.07) is 2.14. The van der Waals surface area contributed by atoms with Crippen molar-refractivity contribution in [1.82, 2.24) is 20.1 Å². The lowest BCUT2D eigenvalue weighted by atomic mass is 10.1. The molecule has 5 nitrogen and oxygen atoms in total. The number of amides is 1. The molecular formula is C17H26N4O. The fourth-order valence-corrected chi connectivity index (χ4v) is 2.48. The second kappa shape index (κ2) is 6.90. The van der Waals surface area contributed by atoms with Crippen LogP contribution in [-0.4, -0.2) is 27.2 Å². The zero-order chi connectivity index (χ0) is 16.3. The summed E-state index contributed by atoms with van der Waals surface area (Å²) in [4.78, 5) is 16.9. The van der Waals surface area contributed by atoms with Gasteiger partial charge in [-0.05, 0) is 45.6 Å². The Bertz CT molecular complexity index is 658. The average molecular weight is 302 g/mol. The highest BCUT2D eigenvalue weighted by molar-refractivity contribution is 5.98. The van der Waals surface area contributed by atoms with Crippen LogP contribution in [0.5, 0.6) is 0 Å². The number of hydrogen-bond donors (Lipinski definition) is 1. The van der Waals surface area contributed by atoms with E-state index >= 15 is 0 Å². The summed E-state index contributed by atoms with van der Waals surface area (Å²) in [6.07, 6.45) is 3.90. The van der Waals surface area contributed by atoms with Crippen molar-refractivity contribution in [3.63, 3.8) is 0 Å². The van der Waals surface area contributed by atoms with E-state index in [1.165, 1.54) is 0 Å². The molecule has 2 aromatic rings. The Kier molecular flexibility index (Phi) is 5.16. The second-order valence-corrected chi connectivity index (χ2v) is 6.51. The molecule has 0 fully saturated rings. The SMILES string of the molecule is Cc1nc2c(cnn2C(C)C)cc1C(=O)NCCCC(C)C. The van der Waals surface area contributed by atoms with Crippen molar-refractivity contribution in [1.29, 1.82) is 0 Å². The predicted octanol–water partition coefficient (Wildman–Crippen LogP) is 3.49. The Morgan fingerprint density at radius 3 is 2.68 bits per heavy atom. The number of nitrogens with one attached hydrogen (secondary N) is 1. The molecule has 0 saturated carbocycles. The van der Waals surface area contributed by atoms with Crippen LogP contribution in [0.15, 0.2) is 12.3 Å². The summed E-state index contributed by atoms with van der Waals surface area (Å²) in [6.45, 7) is 11.1. The zero-order valence-corrected chi connectivity index (χ0v) is 14.2. The Hall–Kier alpha value is -1.91. The van der Waals surface area contributed by atoms with Gasteiger partial charge in [-0.2, -0.15) is 5.10 Å². The van der Waals surface area contributed by atoms with Gasteiger partial charge in [0, 0.05) is 18.0 Å². The molecular weight excluding hydrogens is 276 g/mol. The molecule has 0 radical (unpaired) electrons. The first kappa shape index (κ1) is 16.5. The van der Waals surface area contributed by atoms with Crippen LogP contribution in [0.3, 0.4) is 0 Å². The molecule has 5 heteroatoms. The minimum Gasteiger partial charge on any atom is -0.352 e. The van der Waals surface area contributed by atoms with E-state index in [-0.39, 0.29) is 11.9 Å². The number of aromatic nitrogens is 3. The molecule has 0 spiro atoms. The van der Waals surface area contributed by atoms with Crippen LogP contribution in [-0.2, 0) is 0 Å². The van der Waals surface area contributed by atoms with Gasteiger partial charge in [-0.1, -0.05) is 13.8 Å². The minimum absolute atomic E-state index is 0.0482. The monoisotopic (exact) mass is 302 g/mol. The first-order valence-corrected chi connectivity index (χ1v) is 8.03. The van der Waals surface area contributed by atoms with Crippen molar-refractivity contribution in [2.75, 3.05) is 6.54 Å². The summed E-state index contributed by atoms with van der Waals surface area (Å²) >= 11 is 0. The maximum absolute atomic E-state index is 12.3. The Morgan fingerprint density at radius 1 is 1.32 bits per heavy atom. The standard InChI is InChI=1S/C17H26N4O/c1-11(2)7-6-8-18-17(22)15-9-14-10-19-21(12(3)4)16(14)20-13(15)5/h9-12H,6-8H2,1-5H3,(H,18,22). The van der Waals surface area contributed by atoms with E-state index in [1.807, 2.05) is 17.7 Å². The molecule has 0 aromatic carbocycles. The van der Waals surface area contributed by atoms with Crippen molar-refractivity contribution in [3.8, 4) is 0 Å². The van der Waals surface area contributed by atoms with E-state index in [0.717, 1.165) is 29.6 Å². The topological polar surface area (TPSA) is 59.8 Å². The van der Waals surface area contributed by atoms with E-state index in [2.05, 4.69) is 43.1 Å². The van der Waals surface area contributed by atoms with E-state index in [1.54, 1.807) is 6.20 Å². The maximum Gasteiger partial charge on any atom is 0.253 e. The molecule has 1 N–H and O–H groups in total. The van der Waals surface area contributed by atoms with Crippen molar-refractivity contribution in [3.05, 3.63) is 23.5 Å². The molecule has 2 aromatic heterocycles. The number of rotatable bonds is 6. The largest absolute Gasteiger partial charge is 0.352 e. The number of carbonyl (C=O) groups excluding carboxylic acids is 1. The molecule has 120 valence electrons. The third-order valence-electron chi connectivity index (χ3n) is 3.74. The van der Waals surface area contributed by atoms with Crippen LogP contribution in [0.25, 0.3) is 11.0 Å². The number of aryl methyl sites for hydroxylation is 1. The molecule has 22 heavy (non-hydrogen) atoms. The van der Waals surface area contributed by atoms with Gasteiger partial charge in [-0.15, -0.1) is 0 Å². The van der Waals surface area contributed by atoms with Gasteiger partial charge in [0.15, 0.2) is 5.65 Å². The van der Waals surface area contributed by atoms with Crippen LogP contribution in [0.1, 0.15) is 62.6 Å². The highest BCUT2D eigenvalue weighted by Crippen LogP contribution is 2.19. The molecule has 0 bridgehead atoms. The average Bonchev–Trinajstić information content (AvgIpc) is 2.85. The van der Waals surface area contributed by atoms with Gasteiger partial charge in [0.1, 0.15) is 0 Å². The molecule has 0 atom stereocenters. The minimum atomic E-state index is -0.0482. The molecule has 2 heterocycles. The smallest absolute Gasteiger partial charge is 0.253 e. The molecule has 0 aliphatic heterocycles. The van der Waals surface area contributed by atoms with Crippen LogP contribution in [0.4, 0.5) is 0 Å². The van der Waals surface area contributed by atoms with Gasteiger partial charge in [0.25, 0.3) is 5.91 Å². The molecule has 0 aliphatic carbocycles. The number of carbonyl (C=O) groups is 1. The fourth-order valence-electron chi connectivity index (χ4n) is 2.48. The second-order valence-electron chi connectivity index (χ2n) is 6.51. The molecule has 0 saturated heterocycles. The first-order chi connectivity index (χ1) is 10.4. The van der Waals surface area contributed by atoms with E-state index in [0.29, 0.717) is 18.0 Å². The summed E-state index contributed by atoms with van der Waals surface area (Å²) in [5.74, 6) is 0.617. The Balaban J connectivity index is 2.14. The normalized spacial score (nSPS) is 11.6. The van der Waals surface area contributed by atoms with Crippen molar-refractivity contribution in [2.45, 2.75) is 53.5 Å². The zero-order valence-electron chi connectivity index (χ0n) is 14.2. The fraction of sp³-hybridized carbons (Fsp3) is 0.588. The number of hydrogen-bond acceptors (Lipinski definition) is 3. The van der Waals surface area contributed by atoms with Crippen LogP contribution in [0, 0.1) is 12.8 Å². The Morgan fingerprint density at radius 2 is 2.05 bits per heavy atom. The molecule has 2 rings (SSSR count). The molecule has 0 aliphatic rings. The molecule has 0 unspecified atom stereocenters. The third-order valence-corrected chi connectivity index (χ3v) is 3.74. The summed E-state index contributed by atoms with van der Waals surface area (Å²) < 4.78 is 1.88. The quantitative estimate of drug-likeness (QED) is 0.831. The van der Waals surface area contributed by atoms with Gasteiger partial charge >= 0.3 is 0 Å². The van der Waals surface area contributed by atoms with E-state index < -0.39 is 0 Å². The third kappa shape index (κ3) is 3.64. The lowest BCUT2D eigenvalue weighted by Gasteiger charge is -2.10. The van der Waals surface area contributed by atoms with Gasteiger partial charge in [0.2, 0.25) is 0 Å². The number of pyridine rings is 1. The summed E-state index contributed by atoms with van der Waals surface area (Å²) in [5, 5.41) is 8.25. The van der Waals surface area contributed by atoms with Gasteiger partial charge in [0.05, 0.1) is 17.5 Å². The van der Waals surface area contributed by atoms with Crippen molar-refractivity contribution < 1.29 is 4.79 Å². The number of fused-ring (bicyclic) bond motifs is 1. The lowest BCUT2D eigenvalue weighted by molar-refractivity contribution is 0.0951. The van der Waals surface area contributed by atoms with Crippen molar-refractivity contribution in [2.24, 2.45) is 5.92 Å². The predicted molar refractivity (Wildman–Crippen MR) is 89.1 cm³/mol. The van der Waals surface area contributed by atoms with E-state index in [9.17, 15) is 4.79 Å². The molecule has 1 amide bonds. The van der Waals surface area contributed by atoms with Crippen LogP contribution >= 0.6 is 0 Å². The Labute approximate surface area is 132 Å².